The minimum atomic E-state index is -0.220. The Morgan fingerprint density at radius 2 is 1.95 bits per heavy atom. The van der Waals surface area contributed by atoms with Crippen molar-refractivity contribution < 1.29 is 13.9 Å². The first kappa shape index (κ1) is 15.6. The highest BCUT2D eigenvalue weighted by Gasteiger charge is 2.22. The van der Waals surface area contributed by atoms with Crippen molar-refractivity contribution in [1.82, 2.24) is 5.32 Å². The Morgan fingerprint density at radius 1 is 1.32 bits per heavy atom. The lowest BCUT2D eigenvalue weighted by Gasteiger charge is -2.18. The van der Waals surface area contributed by atoms with Crippen molar-refractivity contribution in [2.75, 3.05) is 20.2 Å². The van der Waals surface area contributed by atoms with E-state index in [1.807, 2.05) is 13.8 Å². The summed E-state index contributed by atoms with van der Waals surface area (Å²) < 4.78 is 17.5. The number of carbonyl (C=O) groups excluding carboxylic acids is 1. The Bertz CT molecular complexity index is 390. The van der Waals surface area contributed by atoms with E-state index in [0.717, 1.165) is 18.5 Å². The van der Waals surface area contributed by atoms with Gasteiger partial charge < -0.3 is 10.1 Å². The van der Waals surface area contributed by atoms with E-state index in [0.29, 0.717) is 6.54 Å². The van der Waals surface area contributed by atoms with Crippen LogP contribution in [0.2, 0.25) is 0 Å². The number of halogens is 1. The molecule has 1 atom stereocenters. The molecule has 4 heteroatoms. The molecule has 0 amide bonds. The van der Waals surface area contributed by atoms with Crippen molar-refractivity contribution >= 4 is 5.97 Å². The topological polar surface area (TPSA) is 38.3 Å². The van der Waals surface area contributed by atoms with Gasteiger partial charge in [-0.15, -0.1) is 0 Å². The molecule has 1 rings (SSSR count). The summed E-state index contributed by atoms with van der Waals surface area (Å²) in [5.41, 5.74) is 1.08. The molecule has 1 unspecified atom stereocenters. The molecule has 0 bridgehead atoms. The molecule has 106 valence electrons. The van der Waals surface area contributed by atoms with Crippen LogP contribution in [0.15, 0.2) is 24.3 Å². The van der Waals surface area contributed by atoms with Crippen LogP contribution in [0.3, 0.4) is 0 Å². The zero-order valence-electron chi connectivity index (χ0n) is 11.8. The fourth-order valence-corrected chi connectivity index (χ4v) is 1.88. The summed E-state index contributed by atoms with van der Waals surface area (Å²) >= 11 is 0. The van der Waals surface area contributed by atoms with Gasteiger partial charge in [0.15, 0.2) is 0 Å². The van der Waals surface area contributed by atoms with Crippen LogP contribution in [0.1, 0.15) is 19.4 Å². The Labute approximate surface area is 114 Å². The van der Waals surface area contributed by atoms with Gasteiger partial charge in [-0.25, -0.2) is 4.39 Å². The first-order valence-electron chi connectivity index (χ1n) is 6.57. The van der Waals surface area contributed by atoms with Crippen molar-refractivity contribution in [3.8, 4) is 0 Å². The fourth-order valence-electron chi connectivity index (χ4n) is 1.88. The quantitative estimate of drug-likeness (QED) is 0.609. The van der Waals surface area contributed by atoms with E-state index in [2.05, 4.69) is 5.32 Å². The minimum Gasteiger partial charge on any atom is -0.469 e. The summed E-state index contributed by atoms with van der Waals surface area (Å²) in [6.45, 7) is 5.36. The molecule has 0 saturated heterocycles. The summed E-state index contributed by atoms with van der Waals surface area (Å²) in [5, 5.41) is 3.25. The van der Waals surface area contributed by atoms with Gasteiger partial charge in [0.1, 0.15) is 5.82 Å². The Balaban J connectivity index is 2.32. The van der Waals surface area contributed by atoms with E-state index < -0.39 is 0 Å². The first-order valence-corrected chi connectivity index (χ1v) is 6.57. The van der Waals surface area contributed by atoms with Crippen LogP contribution in [0.4, 0.5) is 4.39 Å². The first-order chi connectivity index (χ1) is 9.04. The van der Waals surface area contributed by atoms with Crippen LogP contribution in [0, 0.1) is 17.7 Å². The molecular formula is C15H22FNO2. The zero-order valence-corrected chi connectivity index (χ0v) is 11.8. The van der Waals surface area contributed by atoms with Gasteiger partial charge in [-0.2, -0.15) is 0 Å². The maximum absolute atomic E-state index is 12.7. The number of hydrogen-bond acceptors (Lipinski definition) is 3. The average molecular weight is 267 g/mol. The van der Waals surface area contributed by atoms with E-state index in [9.17, 15) is 9.18 Å². The molecular weight excluding hydrogens is 245 g/mol. The molecule has 0 aliphatic heterocycles. The molecule has 1 N–H and O–H groups in total. The van der Waals surface area contributed by atoms with Crippen molar-refractivity contribution in [1.29, 1.82) is 0 Å². The molecule has 0 aromatic heterocycles. The number of methoxy groups -OCH3 is 1. The second-order valence-corrected chi connectivity index (χ2v) is 4.95. The van der Waals surface area contributed by atoms with E-state index >= 15 is 0 Å². The van der Waals surface area contributed by atoms with Crippen molar-refractivity contribution in [3.05, 3.63) is 35.6 Å². The molecule has 0 saturated carbocycles. The number of carbonyl (C=O) groups is 1. The lowest BCUT2D eigenvalue weighted by molar-refractivity contribution is -0.146. The van der Waals surface area contributed by atoms with E-state index in [4.69, 9.17) is 4.74 Å². The summed E-state index contributed by atoms with van der Waals surface area (Å²) in [4.78, 5) is 11.6. The predicted octanol–water partition coefficient (Wildman–Crippen LogP) is 2.40. The molecule has 0 aliphatic rings. The lowest BCUT2D eigenvalue weighted by Crippen LogP contribution is -2.33. The highest BCUT2D eigenvalue weighted by atomic mass is 19.1. The van der Waals surface area contributed by atoms with Gasteiger partial charge in [-0.05, 0) is 36.6 Å². The second kappa shape index (κ2) is 7.89. The smallest absolute Gasteiger partial charge is 0.310 e. The second-order valence-electron chi connectivity index (χ2n) is 4.95. The van der Waals surface area contributed by atoms with Crippen molar-refractivity contribution in [3.63, 3.8) is 0 Å². The highest BCUT2D eigenvalue weighted by molar-refractivity contribution is 5.72. The lowest BCUT2D eigenvalue weighted by atomic mass is 9.96. The summed E-state index contributed by atoms with van der Waals surface area (Å²) in [7, 11) is 1.41. The Hall–Kier alpha value is -1.42. The van der Waals surface area contributed by atoms with E-state index in [1.165, 1.54) is 19.2 Å². The van der Waals surface area contributed by atoms with Gasteiger partial charge in [0.25, 0.3) is 0 Å². The number of ether oxygens (including phenoxy) is 1. The Morgan fingerprint density at radius 3 is 2.47 bits per heavy atom. The van der Waals surface area contributed by atoms with Crippen LogP contribution in [0.5, 0.6) is 0 Å². The van der Waals surface area contributed by atoms with Gasteiger partial charge in [0.05, 0.1) is 13.0 Å². The molecule has 1 aromatic rings. The van der Waals surface area contributed by atoms with Crippen molar-refractivity contribution in [2.24, 2.45) is 11.8 Å². The van der Waals surface area contributed by atoms with Crippen LogP contribution in [0.25, 0.3) is 0 Å². The summed E-state index contributed by atoms with van der Waals surface area (Å²) in [6.07, 6.45) is 0.812. The molecule has 0 spiro atoms. The minimum absolute atomic E-state index is 0.127. The number of esters is 1. The monoisotopic (exact) mass is 267 g/mol. The van der Waals surface area contributed by atoms with Gasteiger partial charge in [0.2, 0.25) is 0 Å². The normalized spacial score (nSPS) is 12.5. The third kappa shape index (κ3) is 5.39. The van der Waals surface area contributed by atoms with Crippen LogP contribution in [-0.2, 0) is 16.0 Å². The highest BCUT2D eigenvalue weighted by Crippen LogP contribution is 2.11. The summed E-state index contributed by atoms with van der Waals surface area (Å²) in [6, 6.07) is 6.47. The largest absolute Gasteiger partial charge is 0.469 e. The average Bonchev–Trinajstić information content (AvgIpc) is 2.39. The molecule has 3 nitrogen and oxygen atoms in total. The van der Waals surface area contributed by atoms with Gasteiger partial charge in [-0.3, -0.25) is 4.79 Å². The number of rotatable bonds is 7. The van der Waals surface area contributed by atoms with Crippen molar-refractivity contribution in [2.45, 2.75) is 20.3 Å². The molecule has 0 fully saturated rings. The SMILES string of the molecule is COC(=O)C(CNCCc1ccc(F)cc1)C(C)C. The van der Waals surface area contributed by atoms with Gasteiger partial charge in [-0.1, -0.05) is 26.0 Å². The molecule has 0 radical (unpaired) electrons. The molecule has 19 heavy (non-hydrogen) atoms. The predicted molar refractivity (Wildman–Crippen MR) is 73.3 cm³/mol. The third-order valence-corrected chi connectivity index (χ3v) is 3.18. The number of nitrogens with one attached hydrogen (secondary N) is 1. The maximum Gasteiger partial charge on any atom is 0.310 e. The van der Waals surface area contributed by atoms with Crippen LogP contribution < -0.4 is 5.32 Å². The zero-order chi connectivity index (χ0) is 14.3. The molecule has 1 aromatic carbocycles. The molecule has 0 heterocycles. The third-order valence-electron chi connectivity index (χ3n) is 3.18. The summed E-state index contributed by atoms with van der Waals surface area (Å²) in [5.74, 6) is -0.282. The van der Waals surface area contributed by atoms with E-state index in [1.54, 1.807) is 12.1 Å². The standard InChI is InChI=1S/C15H22FNO2/c1-11(2)14(15(18)19-3)10-17-9-8-12-4-6-13(16)7-5-12/h4-7,11,14,17H,8-10H2,1-3H3. The van der Waals surface area contributed by atoms with Crippen LogP contribution >= 0.6 is 0 Å². The van der Waals surface area contributed by atoms with Crippen LogP contribution in [-0.4, -0.2) is 26.2 Å². The maximum atomic E-state index is 12.7. The Kier molecular flexibility index (Phi) is 6.50. The van der Waals surface area contributed by atoms with Gasteiger partial charge >= 0.3 is 5.97 Å². The van der Waals surface area contributed by atoms with E-state index in [-0.39, 0.29) is 23.6 Å². The number of benzene rings is 1. The van der Waals surface area contributed by atoms with Gasteiger partial charge in [0, 0.05) is 6.54 Å². The molecule has 0 aliphatic carbocycles. The number of hydrogen-bond donors (Lipinski definition) is 1. The fraction of sp³-hybridized carbons (Fsp3) is 0.533.